The zero-order valence-electron chi connectivity index (χ0n) is 14.7. The first-order chi connectivity index (χ1) is 12.6. The van der Waals surface area contributed by atoms with Crippen LogP contribution in [0.3, 0.4) is 0 Å². The Hall–Kier alpha value is -2.36. The summed E-state index contributed by atoms with van der Waals surface area (Å²) in [7, 11) is 0. The van der Waals surface area contributed by atoms with Gasteiger partial charge in [0.25, 0.3) is 0 Å². The van der Waals surface area contributed by atoms with Crippen molar-refractivity contribution >= 4 is 34.6 Å². The van der Waals surface area contributed by atoms with E-state index in [9.17, 15) is 0 Å². The van der Waals surface area contributed by atoms with Gasteiger partial charge in [0.2, 0.25) is 0 Å². The summed E-state index contributed by atoms with van der Waals surface area (Å²) >= 11 is 11.8. The van der Waals surface area contributed by atoms with Crippen molar-refractivity contribution in [2.45, 2.75) is 20.0 Å². The number of nitrogens with zero attached hydrogens (tertiary/aromatic N) is 1. The van der Waals surface area contributed by atoms with E-state index in [2.05, 4.69) is 58.7 Å². The van der Waals surface area contributed by atoms with Crippen LogP contribution in [0.1, 0.15) is 16.7 Å². The number of anilines is 1. The van der Waals surface area contributed by atoms with Crippen LogP contribution in [-0.2, 0) is 13.1 Å². The molecule has 3 aromatic carbocycles. The molecule has 0 heterocycles. The second-order valence-electron chi connectivity index (χ2n) is 6.22. The SMILES string of the molecule is Cc1cc(Cl)ccc1NC(=S)N(Cc1ccccc1)Cc1ccccc1. The topological polar surface area (TPSA) is 15.3 Å². The highest BCUT2D eigenvalue weighted by atomic mass is 35.5. The van der Waals surface area contributed by atoms with Crippen LogP contribution < -0.4 is 5.32 Å². The molecule has 132 valence electrons. The van der Waals surface area contributed by atoms with E-state index < -0.39 is 0 Å². The fourth-order valence-electron chi connectivity index (χ4n) is 2.77. The Morgan fingerprint density at radius 3 is 1.92 bits per heavy atom. The third kappa shape index (κ3) is 5.07. The summed E-state index contributed by atoms with van der Waals surface area (Å²) in [5.74, 6) is 0. The molecule has 0 amide bonds. The molecular weight excluding hydrogens is 360 g/mol. The highest BCUT2D eigenvalue weighted by Crippen LogP contribution is 2.21. The average molecular weight is 381 g/mol. The zero-order chi connectivity index (χ0) is 18.4. The smallest absolute Gasteiger partial charge is 0.174 e. The highest BCUT2D eigenvalue weighted by Gasteiger charge is 2.12. The van der Waals surface area contributed by atoms with Crippen molar-refractivity contribution in [3.8, 4) is 0 Å². The lowest BCUT2D eigenvalue weighted by molar-refractivity contribution is 0.413. The van der Waals surface area contributed by atoms with Crippen molar-refractivity contribution in [3.63, 3.8) is 0 Å². The van der Waals surface area contributed by atoms with Gasteiger partial charge in [0.05, 0.1) is 0 Å². The Morgan fingerprint density at radius 1 is 0.885 bits per heavy atom. The van der Waals surface area contributed by atoms with Crippen LogP contribution >= 0.6 is 23.8 Å². The van der Waals surface area contributed by atoms with Crippen molar-refractivity contribution in [2.75, 3.05) is 5.32 Å². The van der Waals surface area contributed by atoms with Crippen molar-refractivity contribution < 1.29 is 0 Å². The molecule has 3 rings (SSSR count). The van der Waals surface area contributed by atoms with E-state index in [0.717, 1.165) is 29.4 Å². The molecule has 0 saturated heterocycles. The molecule has 0 saturated carbocycles. The zero-order valence-corrected chi connectivity index (χ0v) is 16.2. The first-order valence-electron chi connectivity index (χ1n) is 8.52. The van der Waals surface area contributed by atoms with Gasteiger partial charge in [-0.15, -0.1) is 0 Å². The first-order valence-corrected chi connectivity index (χ1v) is 9.30. The number of hydrogen-bond donors (Lipinski definition) is 1. The lowest BCUT2D eigenvalue weighted by Crippen LogP contribution is -2.34. The summed E-state index contributed by atoms with van der Waals surface area (Å²) in [6.07, 6.45) is 0. The van der Waals surface area contributed by atoms with Gasteiger partial charge in [0, 0.05) is 23.8 Å². The van der Waals surface area contributed by atoms with E-state index in [1.165, 1.54) is 11.1 Å². The Bertz CT molecular complexity index is 824. The summed E-state index contributed by atoms with van der Waals surface area (Å²) in [5, 5.41) is 4.80. The number of aryl methyl sites for hydroxylation is 1. The van der Waals surface area contributed by atoms with Gasteiger partial charge in [-0.3, -0.25) is 0 Å². The third-order valence-corrected chi connectivity index (χ3v) is 4.75. The van der Waals surface area contributed by atoms with Crippen molar-refractivity contribution in [2.24, 2.45) is 0 Å². The summed E-state index contributed by atoms with van der Waals surface area (Å²) in [4.78, 5) is 2.17. The summed E-state index contributed by atoms with van der Waals surface area (Å²) in [6, 6.07) is 26.5. The normalized spacial score (nSPS) is 10.4. The van der Waals surface area contributed by atoms with E-state index in [-0.39, 0.29) is 0 Å². The van der Waals surface area contributed by atoms with E-state index in [1.54, 1.807) is 0 Å². The second-order valence-corrected chi connectivity index (χ2v) is 7.04. The molecule has 2 nitrogen and oxygen atoms in total. The molecule has 0 radical (unpaired) electrons. The van der Waals surface area contributed by atoms with Gasteiger partial charge in [0.15, 0.2) is 5.11 Å². The number of thiocarbonyl (C=S) groups is 1. The minimum absolute atomic E-state index is 0.697. The molecule has 0 fully saturated rings. The van der Waals surface area contributed by atoms with Crippen LogP contribution in [-0.4, -0.2) is 10.0 Å². The average Bonchev–Trinajstić information content (AvgIpc) is 2.65. The molecule has 3 aromatic rings. The molecule has 1 N–H and O–H groups in total. The molecule has 0 aliphatic rings. The van der Waals surface area contributed by atoms with Gasteiger partial charge in [-0.25, -0.2) is 0 Å². The Kier molecular flexibility index (Phi) is 6.26. The van der Waals surface area contributed by atoms with E-state index in [1.807, 2.05) is 37.3 Å². The van der Waals surface area contributed by atoms with Gasteiger partial charge in [-0.1, -0.05) is 72.3 Å². The summed E-state index contributed by atoms with van der Waals surface area (Å²) in [6.45, 7) is 3.51. The molecule has 0 aromatic heterocycles. The van der Waals surface area contributed by atoms with Gasteiger partial charge < -0.3 is 10.2 Å². The third-order valence-electron chi connectivity index (χ3n) is 4.15. The number of rotatable bonds is 5. The maximum Gasteiger partial charge on any atom is 0.174 e. The molecule has 26 heavy (non-hydrogen) atoms. The van der Waals surface area contributed by atoms with Gasteiger partial charge >= 0.3 is 0 Å². The van der Waals surface area contributed by atoms with E-state index in [0.29, 0.717) is 5.11 Å². The lowest BCUT2D eigenvalue weighted by Gasteiger charge is -2.27. The van der Waals surface area contributed by atoms with E-state index >= 15 is 0 Å². The summed E-state index contributed by atoms with van der Waals surface area (Å²) < 4.78 is 0. The van der Waals surface area contributed by atoms with Crippen LogP contribution in [0.25, 0.3) is 0 Å². The van der Waals surface area contributed by atoms with Crippen LogP contribution in [0.4, 0.5) is 5.69 Å². The van der Waals surface area contributed by atoms with Crippen LogP contribution in [0.2, 0.25) is 5.02 Å². The maximum atomic E-state index is 6.06. The van der Waals surface area contributed by atoms with Crippen LogP contribution in [0.5, 0.6) is 0 Å². The number of nitrogens with one attached hydrogen (secondary N) is 1. The molecule has 0 spiro atoms. The first kappa shape index (κ1) is 18.4. The molecule has 0 aliphatic carbocycles. The highest BCUT2D eigenvalue weighted by molar-refractivity contribution is 7.80. The van der Waals surface area contributed by atoms with Crippen molar-refractivity contribution in [1.82, 2.24) is 4.90 Å². The van der Waals surface area contributed by atoms with Crippen LogP contribution in [0, 0.1) is 6.92 Å². The molecular formula is C22H21ClN2S. The minimum atomic E-state index is 0.697. The second kappa shape index (κ2) is 8.84. The molecule has 0 atom stereocenters. The van der Waals surface area contributed by atoms with Gasteiger partial charge in [0.1, 0.15) is 0 Å². The molecule has 4 heteroatoms. The lowest BCUT2D eigenvalue weighted by atomic mass is 10.1. The predicted molar refractivity (Wildman–Crippen MR) is 115 cm³/mol. The molecule has 0 unspecified atom stereocenters. The number of benzene rings is 3. The Balaban J connectivity index is 1.80. The standard InChI is InChI=1S/C22H21ClN2S/c1-17-14-20(23)12-13-21(17)24-22(26)25(15-18-8-4-2-5-9-18)16-19-10-6-3-7-11-19/h2-14H,15-16H2,1H3,(H,24,26). The minimum Gasteiger partial charge on any atom is -0.340 e. The Labute approximate surface area is 165 Å². The summed E-state index contributed by atoms with van der Waals surface area (Å²) in [5.41, 5.74) is 4.49. The fourth-order valence-corrected chi connectivity index (χ4v) is 3.23. The number of hydrogen-bond acceptors (Lipinski definition) is 1. The fraction of sp³-hybridized carbons (Fsp3) is 0.136. The number of halogens is 1. The Morgan fingerprint density at radius 2 is 1.42 bits per heavy atom. The van der Waals surface area contributed by atoms with E-state index in [4.69, 9.17) is 23.8 Å². The largest absolute Gasteiger partial charge is 0.340 e. The van der Waals surface area contributed by atoms with Crippen molar-refractivity contribution in [3.05, 3.63) is 101 Å². The van der Waals surface area contributed by atoms with Gasteiger partial charge in [-0.2, -0.15) is 0 Å². The maximum absolute atomic E-state index is 6.06. The monoisotopic (exact) mass is 380 g/mol. The molecule has 0 bridgehead atoms. The molecule has 0 aliphatic heterocycles. The predicted octanol–water partition coefficient (Wildman–Crippen LogP) is 6.05. The van der Waals surface area contributed by atoms with Crippen LogP contribution in [0.15, 0.2) is 78.9 Å². The van der Waals surface area contributed by atoms with Crippen molar-refractivity contribution in [1.29, 1.82) is 0 Å². The van der Waals surface area contributed by atoms with Gasteiger partial charge in [-0.05, 0) is 54.0 Å². The quantitative estimate of drug-likeness (QED) is 0.542.